The maximum atomic E-state index is 12.7. The summed E-state index contributed by atoms with van der Waals surface area (Å²) in [7, 11) is 1.50. The zero-order chi connectivity index (χ0) is 15.0. The van der Waals surface area contributed by atoms with Crippen molar-refractivity contribution in [3.05, 3.63) is 34.3 Å². The lowest BCUT2D eigenvalue weighted by Crippen LogP contribution is -2.58. The summed E-state index contributed by atoms with van der Waals surface area (Å²) in [5.41, 5.74) is 0.493. The number of morpholine rings is 1. The summed E-state index contributed by atoms with van der Waals surface area (Å²) in [4.78, 5) is 26.1. The highest BCUT2D eigenvalue weighted by Crippen LogP contribution is 2.28. The number of esters is 1. The zero-order valence-corrected chi connectivity index (χ0v) is 12.9. The number of cyclic esters (lactones) is 1. The second kappa shape index (κ2) is 5.75. The molecule has 0 N–H and O–H groups in total. The molecule has 0 saturated carbocycles. The summed E-state index contributed by atoms with van der Waals surface area (Å²) in [6.07, 6.45) is -1.05. The van der Waals surface area contributed by atoms with E-state index in [0.29, 0.717) is 10.0 Å². The first-order valence-electron chi connectivity index (χ1n) is 6.52. The maximum Gasteiger partial charge on any atom is 0.331 e. The van der Waals surface area contributed by atoms with Crippen molar-refractivity contribution in [2.75, 3.05) is 20.3 Å². The van der Waals surface area contributed by atoms with Crippen LogP contribution < -0.4 is 0 Å². The average molecular weight is 356 g/mol. The van der Waals surface area contributed by atoms with E-state index in [9.17, 15) is 9.59 Å². The van der Waals surface area contributed by atoms with Gasteiger partial charge in [-0.3, -0.25) is 4.79 Å². The Balaban J connectivity index is 1.92. The Morgan fingerprint density at radius 1 is 1.43 bits per heavy atom. The van der Waals surface area contributed by atoms with Gasteiger partial charge in [-0.2, -0.15) is 0 Å². The van der Waals surface area contributed by atoms with Crippen molar-refractivity contribution >= 4 is 27.8 Å². The second-order valence-electron chi connectivity index (χ2n) is 4.85. The van der Waals surface area contributed by atoms with Gasteiger partial charge in [0, 0.05) is 11.6 Å². The predicted molar refractivity (Wildman–Crippen MR) is 75.6 cm³/mol. The molecule has 0 aliphatic carbocycles. The molecule has 3 rings (SSSR count). The molecular formula is C14H14BrNO5. The number of methoxy groups -OCH3 is 1. The lowest BCUT2D eigenvalue weighted by Gasteiger charge is -2.38. The fraction of sp³-hybridized carbons (Fsp3) is 0.429. The van der Waals surface area contributed by atoms with Crippen LogP contribution in [0, 0.1) is 0 Å². The SMILES string of the molecule is CO[C@H]1CN(C(=O)c2ccccc2Br)[C@H]2C(=O)OC[C@H]2O1. The fourth-order valence-electron chi connectivity index (χ4n) is 2.58. The van der Waals surface area contributed by atoms with Crippen LogP contribution in [-0.2, 0) is 19.0 Å². The molecule has 2 saturated heterocycles. The van der Waals surface area contributed by atoms with Crippen molar-refractivity contribution in [1.82, 2.24) is 4.90 Å². The monoisotopic (exact) mass is 355 g/mol. The number of benzene rings is 1. The number of carbonyl (C=O) groups excluding carboxylic acids is 2. The molecule has 7 heteroatoms. The molecule has 0 unspecified atom stereocenters. The summed E-state index contributed by atoms with van der Waals surface area (Å²) in [6, 6.07) is 6.38. The molecule has 0 aromatic heterocycles. The maximum absolute atomic E-state index is 12.7. The van der Waals surface area contributed by atoms with E-state index in [1.165, 1.54) is 12.0 Å². The van der Waals surface area contributed by atoms with Gasteiger partial charge in [0.1, 0.15) is 12.7 Å². The highest BCUT2D eigenvalue weighted by Gasteiger charge is 2.49. The minimum absolute atomic E-state index is 0.142. The van der Waals surface area contributed by atoms with Crippen molar-refractivity contribution in [3.8, 4) is 0 Å². The molecule has 0 spiro atoms. The third-order valence-corrected chi connectivity index (χ3v) is 4.31. The van der Waals surface area contributed by atoms with E-state index in [1.54, 1.807) is 18.2 Å². The molecule has 1 aromatic rings. The van der Waals surface area contributed by atoms with Gasteiger partial charge in [-0.1, -0.05) is 12.1 Å². The molecule has 21 heavy (non-hydrogen) atoms. The van der Waals surface area contributed by atoms with Crippen molar-refractivity contribution in [2.45, 2.75) is 18.4 Å². The summed E-state index contributed by atoms with van der Waals surface area (Å²) < 4.78 is 16.5. The van der Waals surface area contributed by atoms with Gasteiger partial charge in [0.15, 0.2) is 12.3 Å². The van der Waals surface area contributed by atoms with Crippen LogP contribution >= 0.6 is 15.9 Å². The van der Waals surface area contributed by atoms with Gasteiger partial charge in [0.05, 0.1) is 12.1 Å². The lowest BCUT2D eigenvalue weighted by atomic mass is 10.1. The van der Waals surface area contributed by atoms with E-state index in [-0.39, 0.29) is 19.1 Å². The summed E-state index contributed by atoms with van der Waals surface area (Å²) in [5.74, 6) is -0.684. The molecule has 112 valence electrons. The average Bonchev–Trinajstić information content (AvgIpc) is 2.87. The number of fused-ring (bicyclic) bond motifs is 1. The zero-order valence-electron chi connectivity index (χ0n) is 11.3. The topological polar surface area (TPSA) is 65.1 Å². The number of halogens is 1. The van der Waals surface area contributed by atoms with E-state index < -0.39 is 24.4 Å². The molecule has 2 aliphatic heterocycles. The van der Waals surface area contributed by atoms with Crippen LogP contribution in [0.5, 0.6) is 0 Å². The normalized spacial score (nSPS) is 28.2. The molecular weight excluding hydrogens is 342 g/mol. The van der Waals surface area contributed by atoms with Gasteiger partial charge >= 0.3 is 5.97 Å². The molecule has 2 fully saturated rings. The molecule has 0 radical (unpaired) electrons. The van der Waals surface area contributed by atoms with Crippen LogP contribution in [0.3, 0.4) is 0 Å². The van der Waals surface area contributed by atoms with E-state index in [2.05, 4.69) is 15.9 Å². The van der Waals surface area contributed by atoms with Gasteiger partial charge < -0.3 is 19.1 Å². The molecule has 2 aliphatic rings. The smallest absolute Gasteiger partial charge is 0.331 e. The van der Waals surface area contributed by atoms with E-state index in [1.807, 2.05) is 6.07 Å². The number of rotatable bonds is 2. The standard InChI is InChI=1S/C14H14BrNO5/c1-19-11-6-16(12-10(21-11)7-20-14(12)18)13(17)8-4-2-3-5-9(8)15/h2-5,10-12H,6-7H2,1H3/t10-,11-,12-/m1/s1. The van der Waals surface area contributed by atoms with Crippen LogP contribution in [0.15, 0.2) is 28.7 Å². The van der Waals surface area contributed by atoms with Gasteiger partial charge in [0.25, 0.3) is 5.91 Å². The number of nitrogens with zero attached hydrogens (tertiary/aromatic N) is 1. The first-order valence-corrected chi connectivity index (χ1v) is 7.31. The lowest BCUT2D eigenvalue weighted by molar-refractivity contribution is -0.199. The highest BCUT2D eigenvalue weighted by atomic mass is 79.9. The molecule has 6 nitrogen and oxygen atoms in total. The Bertz CT molecular complexity index is 578. The summed E-state index contributed by atoms with van der Waals surface area (Å²) >= 11 is 3.36. The van der Waals surface area contributed by atoms with Crippen LogP contribution in [0.25, 0.3) is 0 Å². The molecule has 2 heterocycles. The number of ether oxygens (including phenoxy) is 3. The van der Waals surface area contributed by atoms with Gasteiger partial charge in [0.2, 0.25) is 0 Å². The van der Waals surface area contributed by atoms with E-state index >= 15 is 0 Å². The predicted octanol–water partition coefficient (Wildman–Crippen LogP) is 1.19. The Morgan fingerprint density at radius 2 is 2.19 bits per heavy atom. The Kier molecular flexibility index (Phi) is 3.97. The first kappa shape index (κ1) is 14.5. The number of amides is 1. The van der Waals surface area contributed by atoms with Gasteiger partial charge in [-0.05, 0) is 28.1 Å². The molecule has 1 aromatic carbocycles. The van der Waals surface area contributed by atoms with Gasteiger partial charge in [-0.25, -0.2) is 4.79 Å². The van der Waals surface area contributed by atoms with Gasteiger partial charge in [-0.15, -0.1) is 0 Å². The second-order valence-corrected chi connectivity index (χ2v) is 5.71. The van der Waals surface area contributed by atoms with Crippen molar-refractivity contribution in [2.24, 2.45) is 0 Å². The van der Waals surface area contributed by atoms with Crippen molar-refractivity contribution < 1.29 is 23.8 Å². The van der Waals surface area contributed by atoms with Crippen molar-refractivity contribution in [3.63, 3.8) is 0 Å². The third-order valence-electron chi connectivity index (χ3n) is 3.62. The molecule has 1 amide bonds. The summed E-state index contributed by atoms with van der Waals surface area (Å²) in [6.45, 7) is 0.329. The van der Waals surface area contributed by atoms with Crippen LogP contribution in [0.4, 0.5) is 0 Å². The van der Waals surface area contributed by atoms with Crippen LogP contribution in [-0.4, -0.2) is 55.5 Å². The minimum Gasteiger partial charge on any atom is -0.461 e. The van der Waals surface area contributed by atoms with E-state index in [4.69, 9.17) is 14.2 Å². The Labute approximate surface area is 130 Å². The van der Waals surface area contributed by atoms with Crippen LogP contribution in [0.2, 0.25) is 0 Å². The third kappa shape index (κ3) is 2.56. The highest BCUT2D eigenvalue weighted by molar-refractivity contribution is 9.10. The van der Waals surface area contributed by atoms with Crippen molar-refractivity contribution in [1.29, 1.82) is 0 Å². The number of hydrogen-bond donors (Lipinski definition) is 0. The number of carbonyl (C=O) groups is 2. The fourth-order valence-corrected chi connectivity index (χ4v) is 3.03. The van der Waals surface area contributed by atoms with E-state index in [0.717, 1.165) is 0 Å². The Morgan fingerprint density at radius 3 is 2.90 bits per heavy atom. The quantitative estimate of drug-likeness (QED) is 0.745. The number of hydrogen-bond acceptors (Lipinski definition) is 5. The largest absolute Gasteiger partial charge is 0.461 e. The molecule has 3 atom stereocenters. The minimum atomic E-state index is -0.712. The first-order chi connectivity index (χ1) is 10.1. The summed E-state index contributed by atoms with van der Waals surface area (Å²) in [5, 5.41) is 0. The molecule has 0 bridgehead atoms. The van der Waals surface area contributed by atoms with Crippen LogP contribution in [0.1, 0.15) is 10.4 Å². The Hall–Kier alpha value is -1.44.